The third kappa shape index (κ3) is 4.12. The summed E-state index contributed by atoms with van der Waals surface area (Å²) in [4.78, 5) is 37.1. The maximum Gasteiger partial charge on any atom is 0.354 e. The molecule has 17 heavy (non-hydrogen) atoms. The van der Waals surface area contributed by atoms with E-state index in [1.165, 1.54) is 0 Å². The van der Waals surface area contributed by atoms with Crippen LogP contribution in [0.5, 0.6) is 0 Å². The van der Waals surface area contributed by atoms with Crippen molar-refractivity contribution in [3.8, 4) is 0 Å². The quantitative estimate of drug-likeness (QED) is 0.437. The number of likely N-dealkylation sites (tertiary alicyclic amines) is 1. The van der Waals surface area contributed by atoms with Crippen LogP contribution in [-0.4, -0.2) is 53.8 Å². The number of hydrogen-bond donors (Lipinski definition) is 5. The number of piperidine rings is 1. The number of rotatable bonds is 3. The lowest BCUT2D eigenvalue weighted by Gasteiger charge is -2.39. The van der Waals surface area contributed by atoms with Crippen molar-refractivity contribution in [1.82, 2.24) is 4.90 Å². The van der Waals surface area contributed by atoms with E-state index < -0.39 is 26.3 Å². The Balaban J connectivity index is 2.89. The highest BCUT2D eigenvalue weighted by Gasteiger charge is 2.49. The Bertz CT molecular complexity index is 340. The van der Waals surface area contributed by atoms with E-state index in [-0.39, 0.29) is 25.9 Å². The molecule has 1 aliphatic heterocycles. The molecule has 102 valence electrons. The molecule has 0 saturated carbocycles. The molecule has 0 radical (unpaired) electrons. The van der Waals surface area contributed by atoms with Gasteiger partial charge in [-0.3, -0.25) is 14.0 Å². The molecule has 1 rings (SSSR count). The molecule has 8 nitrogen and oxygen atoms in total. The van der Waals surface area contributed by atoms with Gasteiger partial charge in [0.25, 0.3) is 0 Å². The summed E-state index contributed by atoms with van der Waals surface area (Å²) in [5, 5.41) is 9.66. The highest BCUT2D eigenvalue weighted by atomic mass is 31.2. The maximum absolute atomic E-state index is 11.1. The SMILES string of the molecule is CC1(O)CCN(C(P(=O)(O)O)P(=O)(O)O)CC1. The first-order valence-electron chi connectivity index (χ1n) is 5.00. The van der Waals surface area contributed by atoms with Gasteiger partial charge in [0.05, 0.1) is 5.60 Å². The average molecular weight is 289 g/mol. The van der Waals surface area contributed by atoms with Crippen LogP contribution in [0.3, 0.4) is 0 Å². The standard InChI is InChI=1S/C7H17NO7P2/c1-7(9)2-4-8(5-3-7)6(16(10,11)12)17(13,14)15/h6,9H,2-5H2,1H3,(H2,10,11,12)(H2,13,14,15). The summed E-state index contributed by atoms with van der Waals surface area (Å²) in [5.41, 5.74) is -3.06. The molecule has 1 aliphatic rings. The van der Waals surface area contributed by atoms with E-state index in [0.29, 0.717) is 0 Å². The molecule has 1 saturated heterocycles. The fourth-order valence-electron chi connectivity index (χ4n) is 1.86. The van der Waals surface area contributed by atoms with Crippen molar-refractivity contribution in [1.29, 1.82) is 0 Å². The lowest BCUT2D eigenvalue weighted by Crippen LogP contribution is -2.46. The van der Waals surface area contributed by atoms with Gasteiger partial charge in [0.2, 0.25) is 5.52 Å². The molecule has 0 bridgehead atoms. The summed E-state index contributed by atoms with van der Waals surface area (Å²) in [5.74, 6) is 0. The lowest BCUT2D eigenvalue weighted by atomic mass is 9.94. The fourth-order valence-corrected chi connectivity index (χ4v) is 4.74. The summed E-state index contributed by atoms with van der Waals surface area (Å²) in [6.07, 6.45) is 0.424. The second-order valence-corrected chi connectivity index (χ2v) is 8.30. The van der Waals surface area contributed by atoms with E-state index in [1.807, 2.05) is 0 Å². The Morgan fingerprint density at radius 1 is 1.06 bits per heavy atom. The largest absolute Gasteiger partial charge is 0.390 e. The molecule has 1 heterocycles. The number of nitrogens with zero attached hydrogens (tertiary/aromatic N) is 1. The molecule has 0 atom stereocenters. The summed E-state index contributed by atoms with van der Waals surface area (Å²) in [6, 6.07) is 0. The van der Waals surface area contributed by atoms with Crippen molar-refractivity contribution in [2.24, 2.45) is 0 Å². The van der Waals surface area contributed by atoms with Crippen LogP contribution in [0.4, 0.5) is 0 Å². The van der Waals surface area contributed by atoms with Crippen molar-refractivity contribution in [2.75, 3.05) is 13.1 Å². The molecule has 0 aromatic rings. The first-order valence-corrected chi connectivity index (χ1v) is 8.37. The van der Waals surface area contributed by atoms with Gasteiger partial charge in [-0.15, -0.1) is 0 Å². The molecule has 0 unspecified atom stereocenters. The number of hydrogen-bond acceptors (Lipinski definition) is 4. The van der Waals surface area contributed by atoms with E-state index in [0.717, 1.165) is 4.90 Å². The van der Waals surface area contributed by atoms with Crippen LogP contribution >= 0.6 is 15.2 Å². The second kappa shape index (κ2) is 4.72. The van der Waals surface area contributed by atoms with Gasteiger partial charge in [0, 0.05) is 13.1 Å². The number of aliphatic hydroxyl groups is 1. The normalized spacial score (nSPS) is 23.0. The third-order valence-electron chi connectivity index (χ3n) is 2.80. The van der Waals surface area contributed by atoms with Crippen molar-refractivity contribution in [3.05, 3.63) is 0 Å². The van der Waals surface area contributed by atoms with Crippen molar-refractivity contribution in [2.45, 2.75) is 30.9 Å². The van der Waals surface area contributed by atoms with Crippen molar-refractivity contribution >= 4 is 15.2 Å². The zero-order chi connectivity index (χ0) is 13.5. The smallest absolute Gasteiger partial charge is 0.354 e. The molecule has 0 amide bonds. The van der Waals surface area contributed by atoms with Gasteiger partial charge in [0.15, 0.2) is 0 Å². The molecule has 0 aromatic heterocycles. The minimum atomic E-state index is -4.93. The molecule has 10 heteroatoms. The minimum Gasteiger partial charge on any atom is -0.390 e. The Morgan fingerprint density at radius 3 is 1.71 bits per heavy atom. The van der Waals surface area contributed by atoms with Crippen LogP contribution in [0.1, 0.15) is 19.8 Å². The Hall–Kier alpha value is 0.220. The Morgan fingerprint density at radius 2 is 1.41 bits per heavy atom. The van der Waals surface area contributed by atoms with Gasteiger partial charge in [-0.25, -0.2) is 0 Å². The van der Waals surface area contributed by atoms with E-state index in [9.17, 15) is 14.2 Å². The van der Waals surface area contributed by atoms with Crippen molar-refractivity contribution in [3.63, 3.8) is 0 Å². The highest BCUT2D eigenvalue weighted by Crippen LogP contribution is 2.61. The van der Waals surface area contributed by atoms with Crippen molar-refractivity contribution < 1.29 is 33.8 Å². The van der Waals surface area contributed by atoms with E-state index in [2.05, 4.69) is 0 Å². The van der Waals surface area contributed by atoms with Gasteiger partial charge in [-0.2, -0.15) is 0 Å². The molecule has 0 aromatic carbocycles. The van der Waals surface area contributed by atoms with Crippen LogP contribution in [0.2, 0.25) is 0 Å². The van der Waals surface area contributed by atoms with Gasteiger partial charge in [0.1, 0.15) is 0 Å². The zero-order valence-electron chi connectivity index (χ0n) is 9.30. The Labute approximate surface area is 98.6 Å². The summed E-state index contributed by atoms with van der Waals surface area (Å²) < 4.78 is 22.3. The van der Waals surface area contributed by atoms with Crippen LogP contribution in [-0.2, 0) is 9.13 Å². The van der Waals surface area contributed by atoms with E-state index in [1.54, 1.807) is 6.92 Å². The van der Waals surface area contributed by atoms with Gasteiger partial charge in [-0.1, -0.05) is 0 Å². The molecular formula is C7H17NO7P2. The first-order chi connectivity index (χ1) is 7.43. The molecule has 5 N–H and O–H groups in total. The fraction of sp³-hybridized carbons (Fsp3) is 1.00. The molecule has 0 aliphatic carbocycles. The predicted molar refractivity (Wildman–Crippen MR) is 59.3 cm³/mol. The van der Waals surface area contributed by atoms with E-state index >= 15 is 0 Å². The van der Waals surface area contributed by atoms with Gasteiger partial charge in [-0.05, 0) is 19.8 Å². The topological polar surface area (TPSA) is 139 Å². The van der Waals surface area contributed by atoms with Crippen LogP contribution in [0.15, 0.2) is 0 Å². The van der Waals surface area contributed by atoms with Crippen LogP contribution in [0, 0.1) is 0 Å². The zero-order valence-corrected chi connectivity index (χ0v) is 11.1. The lowest BCUT2D eigenvalue weighted by molar-refractivity contribution is -0.00672. The molecule has 0 spiro atoms. The maximum atomic E-state index is 11.1. The van der Waals surface area contributed by atoms with Gasteiger partial charge < -0.3 is 24.7 Å². The summed E-state index contributed by atoms with van der Waals surface area (Å²) >= 11 is 0. The average Bonchev–Trinajstić information content (AvgIpc) is 2.03. The van der Waals surface area contributed by atoms with Gasteiger partial charge >= 0.3 is 15.2 Å². The Kier molecular flexibility index (Phi) is 4.24. The monoisotopic (exact) mass is 289 g/mol. The van der Waals surface area contributed by atoms with E-state index in [4.69, 9.17) is 19.6 Å². The van der Waals surface area contributed by atoms with Crippen LogP contribution < -0.4 is 0 Å². The second-order valence-electron chi connectivity index (χ2n) is 4.56. The van der Waals surface area contributed by atoms with Crippen LogP contribution in [0.25, 0.3) is 0 Å². The third-order valence-corrected chi connectivity index (χ3v) is 6.47. The molecule has 1 fully saturated rings. The molecular weight excluding hydrogens is 272 g/mol. The highest BCUT2D eigenvalue weighted by molar-refractivity contribution is 7.70. The first kappa shape index (κ1) is 15.3. The summed E-state index contributed by atoms with van der Waals surface area (Å²) in [6.45, 7) is 1.65. The summed E-state index contributed by atoms with van der Waals surface area (Å²) in [7, 11) is -9.85. The predicted octanol–water partition coefficient (Wildman–Crippen LogP) is -0.528. The minimum absolute atomic E-state index is 0.0356.